The normalized spacial score (nSPS) is 13.8. The Morgan fingerprint density at radius 2 is 2.04 bits per heavy atom. The Labute approximate surface area is 169 Å². The molecule has 2 atom stereocenters. The van der Waals surface area contributed by atoms with Gasteiger partial charge in [0.25, 0.3) is 5.56 Å². The Bertz CT molecular complexity index is 995. The molecule has 4 nitrogen and oxygen atoms in total. The van der Waals surface area contributed by atoms with Gasteiger partial charge in [-0.15, -0.1) is 11.3 Å². The first-order valence-electron chi connectivity index (χ1n) is 9.49. The molecule has 6 heteroatoms. The van der Waals surface area contributed by atoms with Gasteiger partial charge in [-0.2, -0.15) is 0 Å². The Morgan fingerprint density at radius 1 is 1.30 bits per heavy atom. The molecule has 3 aromatic rings. The maximum atomic E-state index is 12.7. The van der Waals surface area contributed by atoms with E-state index in [0.717, 1.165) is 39.2 Å². The maximum absolute atomic E-state index is 12.7. The fourth-order valence-electron chi connectivity index (χ4n) is 3.31. The number of thiophene rings is 1. The Balaban J connectivity index is 1.83. The van der Waals surface area contributed by atoms with Crippen molar-refractivity contribution in [3.63, 3.8) is 0 Å². The van der Waals surface area contributed by atoms with Crippen LogP contribution in [0.25, 0.3) is 10.2 Å². The smallest absolute Gasteiger partial charge is 0.260 e. The van der Waals surface area contributed by atoms with E-state index in [1.54, 1.807) is 11.3 Å². The number of nitrogens with two attached hydrogens (primary N) is 1. The topological polar surface area (TPSA) is 62.4 Å². The van der Waals surface area contributed by atoms with E-state index in [1.165, 1.54) is 4.88 Å². The lowest BCUT2D eigenvalue weighted by atomic mass is 9.98. The number of fused-ring (bicyclic) bond motifs is 1. The molecular formula is C21H27ClN3OS+. The Kier molecular flexibility index (Phi) is 6.35. The van der Waals surface area contributed by atoms with Crippen LogP contribution in [0.4, 0.5) is 0 Å². The van der Waals surface area contributed by atoms with Crippen molar-refractivity contribution < 1.29 is 5.32 Å². The second-order valence-corrected chi connectivity index (χ2v) is 8.91. The van der Waals surface area contributed by atoms with Crippen molar-refractivity contribution in [3.8, 4) is 0 Å². The number of nitrogens with zero attached hydrogens (tertiary/aromatic N) is 1. The first-order valence-corrected chi connectivity index (χ1v) is 10.7. The number of aromatic amines is 1. The van der Waals surface area contributed by atoms with Gasteiger partial charge >= 0.3 is 0 Å². The summed E-state index contributed by atoms with van der Waals surface area (Å²) in [6.45, 7) is 9.22. The summed E-state index contributed by atoms with van der Waals surface area (Å²) in [7, 11) is 0. The average Bonchev–Trinajstić information content (AvgIpc) is 2.95. The molecule has 0 bridgehead atoms. The quantitative estimate of drug-likeness (QED) is 0.614. The number of halogens is 1. The summed E-state index contributed by atoms with van der Waals surface area (Å²) in [4.78, 5) is 22.5. The fourth-order valence-corrected chi connectivity index (χ4v) is 4.69. The second-order valence-electron chi connectivity index (χ2n) is 7.30. The summed E-state index contributed by atoms with van der Waals surface area (Å²) < 4.78 is 0. The number of rotatable bonds is 7. The zero-order valence-corrected chi connectivity index (χ0v) is 17.9. The molecule has 0 aliphatic heterocycles. The molecule has 3 rings (SSSR count). The Morgan fingerprint density at radius 3 is 2.74 bits per heavy atom. The largest absolute Gasteiger partial charge is 0.334 e. The van der Waals surface area contributed by atoms with Gasteiger partial charge in [-0.1, -0.05) is 50.1 Å². The molecule has 0 unspecified atom stereocenters. The van der Waals surface area contributed by atoms with Crippen molar-refractivity contribution in [2.45, 2.75) is 53.1 Å². The van der Waals surface area contributed by atoms with E-state index < -0.39 is 0 Å². The minimum absolute atomic E-state index is 0.0172. The van der Waals surface area contributed by atoms with Crippen molar-refractivity contribution in [2.75, 3.05) is 0 Å². The molecule has 3 N–H and O–H groups in total. The number of hydrogen-bond acceptors (Lipinski definition) is 3. The van der Waals surface area contributed by atoms with Crippen molar-refractivity contribution in [2.24, 2.45) is 5.92 Å². The molecule has 27 heavy (non-hydrogen) atoms. The van der Waals surface area contributed by atoms with E-state index in [-0.39, 0.29) is 11.6 Å². The number of nitrogens with one attached hydrogen (secondary N) is 1. The van der Waals surface area contributed by atoms with Crippen molar-refractivity contribution in [1.82, 2.24) is 9.97 Å². The number of quaternary nitrogens is 1. The minimum atomic E-state index is -0.0172. The van der Waals surface area contributed by atoms with E-state index >= 15 is 0 Å². The molecule has 2 aromatic heterocycles. The summed E-state index contributed by atoms with van der Waals surface area (Å²) >= 11 is 7.91. The molecule has 0 saturated carbocycles. The summed E-state index contributed by atoms with van der Waals surface area (Å²) in [5, 5.41) is 3.69. The first kappa shape index (κ1) is 20.1. The molecule has 0 radical (unpaired) electrons. The van der Waals surface area contributed by atoms with E-state index in [4.69, 9.17) is 16.6 Å². The van der Waals surface area contributed by atoms with Crippen LogP contribution in [0.5, 0.6) is 0 Å². The standard InChI is InChI=1S/C21H26ClN3OS/c1-5-12(2)10-16-14(4)27-21-19(16)20(26)24-18(25-21)11-23-13(3)15-8-6-7-9-17(15)22/h6-9,12-13,23H,5,10-11H2,1-4H3,(H,24,25,26)/p+1/t12-,13-/m0/s1. The van der Waals surface area contributed by atoms with Crippen LogP contribution in [0.1, 0.15) is 55.1 Å². The maximum Gasteiger partial charge on any atom is 0.260 e. The highest BCUT2D eigenvalue weighted by Crippen LogP contribution is 2.29. The number of benzene rings is 1. The lowest BCUT2D eigenvalue weighted by Gasteiger charge is -2.12. The van der Waals surface area contributed by atoms with Crippen molar-refractivity contribution in [1.29, 1.82) is 0 Å². The highest BCUT2D eigenvalue weighted by molar-refractivity contribution is 7.18. The van der Waals surface area contributed by atoms with E-state index in [1.807, 2.05) is 24.3 Å². The predicted molar refractivity (Wildman–Crippen MR) is 114 cm³/mol. The first-order chi connectivity index (χ1) is 12.9. The molecule has 0 fully saturated rings. The zero-order chi connectivity index (χ0) is 19.6. The number of hydrogen-bond donors (Lipinski definition) is 2. The van der Waals surface area contributed by atoms with Gasteiger partial charge in [-0.25, -0.2) is 4.98 Å². The Hall–Kier alpha value is -1.69. The van der Waals surface area contributed by atoms with Gasteiger partial charge in [0.05, 0.1) is 5.39 Å². The van der Waals surface area contributed by atoms with Crippen LogP contribution >= 0.6 is 22.9 Å². The van der Waals surface area contributed by atoms with Gasteiger partial charge in [0.15, 0.2) is 5.82 Å². The molecule has 0 spiro atoms. The second kappa shape index (κ2) is 8.55. The van der Waals surface area contributed by atoms with Crippen LogP contribution in [-0.2, 0) is 13.0 Å². The molecule has 2 heterocycles. The summed E-state index contributed by atoms with van der Waals surface area (Å²) in [6.07, 6.45) is 2.04. The van der Waals surface area contributed by atoms with Crippen molar-refractivity contribution in [3.05, 3.63) is 61.5 Å². The van der Waals surface area contributed by atoms with Gasteiger partial charge in [0.1, 0.15) is 17.4 Å². The third-order valence-corrected chi connectivity index (χ3v) is 6.61. The van der Waals surface area contributed by atoms with Crippen LogP contribution in [0, 0.1) is 12.8 Å². The summed E-state index contributed by atoms with van der Waals surface area (Å²) in [5.41, 5.74) is 2.24. The van der Waals surface area contributed by atoms with Crippen LogP contribution in [-0.4, -0.2) is 9.97 Å². The number of aromatic nitrogens is 2. The lowest BCUT2D eigenvalue weighted by Crippen LogP contribution is -2.83. The molecular weight excluding hydrogens is 378 g/mol. The molecule has 1 aromatic carbocycles. The van der Waals surface area contributed by atoms with Crippen molar-refractivity contribution >= 4 is 33.2 Å². The molecule has 0 amide bonds. The van der Waals surface area contributed by atoms with Gasteiger partial charge in [-0.05, 0) is 37.8 Å². The molecule has 0 aliphatic rings. The number of aryl methyl sites for hydroxylation is 1. The van der Waals surface area contributed by atoms with Crippen LogP contribution in [0.2, 0.25) is 5.02 Å². The lowest BCUT2D eigenvalue weighted by molar-refractivity contribution is -0.708. The highest BCUT2D eigenvalue weighted by atomic mass is 35.5. The molecule has 0 aliphatic carbocycles. The monoisotopic (exact) mass is 404 g/mol. The summed E-state index contributed by atoms with van der Waals surface area (Å²) in [5.74, 6) is 1.27. The van der Waals surface area contributed by atoms with Crippen LogP contribution in [0.3, 0.4) is 0 Å². The van der Waals surface area contributed by atoms with Gasteiger partial charge < -0.3 is 10.3 Å². The summed E-state index contributed by atoms with van der Waals surface area (Å²) in [6, 6.07) is 8.05. The minimum Gasteiger partial charge on any atom is -0.334 e. The van der Waals surface area contributed by atoms with E-state index in [9.17, 15) is 4.79 Å². The third-order valence-electron chi connectivity index (χ3n) is 5.22. The van der Waals surface area contributed by atoms with Gasteiger partial charge in [0, 0.05) is 15.5 Å². The molecule has 0 saturated heterocycles. The predicted octanol–water partition coefficient (Wildman–Crippen LogP) is 4.36. The third kappa shape index (κ3) is 4.42. The zero-order valence-electron chi connectivity index (χ0n) is 16.3. The molecule has 144 valence electrons. The van der Waals surface area contributed by atoms with E-state index in [2.05, 4.69) is 38.0 Å². The SMILES string of the molecule is CC[C@H](C)Cc1c(C)sc2nc(C[NH2+][C@@H](C)c3ccccc3Cl)[nH]c(=O)c12. The average molecular weight is 405 g/mol. The van der Waals surface area contributed by atoms with Gasteiger partial charge in [0.2, 0.25) is 0 Å². The van der Waals surface area contributed by atoms with E-state index in [0.29, 0.717) is 18.3 Å². The van der Waals surface area contributed by atoms with Crippen LogP contribution in [0.15, 0.2) is 29.1 Å². The fraction of sp³-hybridized carbons (Fsp3) is 0.429. The van der Waals surface area contributed by atoms with Gasteiger partial charge in [-0.3, -0.25) is 4.79 Å². The number of H-pyrrole nitrogens is 1. The van der Waals surface area contributed by atoms with Crippen LogP contribution < -0.4 is 10.9 Å². The highest BCUT2D eigenvalue weighted by Gasteiger charge is 2.18.